The first kappa shape index (κ1) is 21.7. The normalized spacial score (nSPS) is 11.0. The zero-order valence-electron chi connectivity index (χ0n) is 14.7. The van der Waals surface area contributed by atoms with Crippen molar-refractivity contribution < 1.29 is 4.79 Å². The standard InChI is InChI=1S/C17H28N4O.HI/c1-13(2)16(22)19-10-11-20-17(18-4)21(5)12-15-8-6-14(3)7-9-15;/h6-9,13H,10-12H2,1-5H3,(H,18,20)(H,19,22);1H. The Balaban J connectivity index is 0.00000484. The summed E-state index contributed by atoms with van der Waals surface area (Å²) in [5.41, 5.74) is 2.50. The lowest BCUT2D eigenvalue weighted by Gasteiger charge is -2.22. The van der Waals surface area contributed by atoms with Crippen molar-refractivity contribution in [2.24, 2.45) is 10.9 Å². The molecule has 0 unspecified atom stereocenters. The Kier molecular flexibility index (Phi) is 10.6. The summed E-state index contributed by atoms with van der Waals surface area (Å²) >= 11 is 0. The van der Waals surface area contributed by atoms with Crippen LogP contribution in [-0.2, 0) is 11.3 Å². The van der Waals surface area contributed by atoms with Gasteiger partial charge in [-0.25, -0.2) is 0 Å². The average Bonchev–Trinajstić information content (AvgIpc) is 2.49. The smallest absolute Gasteiger partial charge is 0.222 e. The maximum Gasteiger partial charge on any atom is 0.222 e. The Morgan fingerprint density at radius 3 is 2.26 bits per heavy atom. The molecule has 0 saturated carbocycles. The van der Waals surface area contributed by atoms with E-state index in [0.29, 0.717) is 13.1 Å². The van der Waals surface area contributed by atoms with E-state index in [1.807, 2.05) is 20.9 Å². The minimum atomic E-state index is 0. The molecule has 0 aliphatic heterocycles. The van der Waals surface area contributed by atoms with E-state index >= 15 is 0 Å². The fourth-order valence-electron chi connectivity index (χ4n) is 1.99. The molecular formula is C17H29IN4O. The van der Waals surface area contributed by atoms with Gasteiger partial charge in [0.05, 0.1) is 0 Å². The Morgan fingerprint density at radius 1 is 1.17 bits per heavy atom. The highest BCUT2D eigenvalue weighted by Gasteiger charge is 2.08. The first-order chi connectivity index (χ1) is 10.4. The molecule has 0 aliphatic carbocycles. The number of aryl methyl sites for hydroxylation is 1. The minimum absolute atomic E-state index is 0. The number of guanidine groups is 1. The summed E-state index contributed by atoms with van der Waals surface area (Å²) < 4.78 is 0. The molecule has 1 aromatic rings. The lowest BCUT2D eigenvalue weighted by molar-refractivity contribution is -0.123. The van der Waals surface area contributed by atoms with Crippen molar-refractivity contribution in [1.82, 2.24) is 15.5 Å². The second-order valence-corrected chi connectivity index (χ2v) is 5.76. The van der Waals surface area contributed by atoms with E-state index in [9.17, 15) is 4.79 Å². The van der Waals surface area contributed by atoms with Crippen LogP contribution in [-0.4, -0.2) is 44.0 Å². The van der Waals surface area contributed by atoms with Gasteiger partial charge in [0.1, 0.15) is 0 Å². The number of nitrogens with zero attached hydrogens (tertiary/aromatic N) is 2. The Morgan fingerprint density at radius 2 is 1.74 bits per heavy atom. The summed E-state index contributed by atoms with van der Waals surface area (Å²) in [6, 6.07) is 8.48. The molecule has 0 aliphatic rings. The lowest BCUT2D eigenvalue weighted by atomic mass is 10.1. The molecule has 0 fully saturated rings. The van der Waals surface area contributed by atoms with Crippen molar-refractivity contribution >= 4 is 35.8 Å². The molecule has 1 amide bonds. The third-order valence-electron chi connectivity index (χ3n) is 3.35. The third kappa shape index (κ3) is 8.20. The molecule has 0 aromatic heterocycles. The monoisotopic (exact) mass is 432 g/mol. The molecule has 0 bridgehead atoms. The van der Waals surface area contributed by atoms with Crippen LogP contribution in [0.25, 0.3) is 0 Å². The Labute approximate surface area is 157 Å². The summed E-state index contributed by atoms with van der Waals surface area (Å²) in [6.45, 7) is 7.89. The Hall–Kier alpha value is -1.31. The first-order valence-corrected chi connectivity index (χ1v) is 7.69. The SMILES string of the molecule is CN=C(NCCNC(=O)C(C)C)N(C)Cc1ccc(C)cc1.I. The van der Waals surface area contributed by atoms with Gasteiger partial charge in [0.2, 0.25) is 5.91 Å². The highest BCUT2D eigenvalue weighted by molar-refractivity contribution is 14.0. The van der Waals surface area contributed by atoms with Crippen LogP contribution in [0.4, 0.5) is 0 Å². The molecule has 1 aromatic carbocycles. The summed E-state index contributed by atoms with van der Waals surface area (Å²) in [5.74, 6) is 0.910. The third-order valence-corrected chi connectivity index (χ3v) is 3.35. The maximum absolute atomic E-state index is 11.5. The predicted octanol–water partition coefficient (Wildman–Crippen LogP) is 2.39. The number of rotatable bonds is 6. The number of nitrogens with one attached hydrogen (secondary N) is 2. The molecule has 23 heavy (non-hydrogen) atoms. The average molecular weight is 432 g/mol. The number of hydrogen-bond acceptors (Lipinski definition) is 2. The van der Waals surface area contributed by atoms with Crippen molar-refractivity contribution in [3.05, 3.63) is 35.4 Å². The molecule has 1 rings (SSSR count). The molecular weight excluding hydrogens is 403 g/mol. The fourth-order valence-corrected chi connectivity index (χ4v) is 1.99. The van der Waals surface area contributed by atoms with Gasteiger partial charge in [-0.05, 0) is 12.5 Å². The van der Waals surface area contributed by atoms with Gasteiger partial charge in [-0.2, -0.15) is 0 Å². The molecule has 0 atom stereocenters. The maximum atomic E-state index is 11.5. The number of aliphatic imine (C=N–C) groups is 1. The van der Waals surface area contributed by atoms with Gasteiger partial charge >= 0.3 is 0 Å². The summed E-state index contributed by atoms with van der Waals surface area (Å²) in [7, 11) is 3.77. The van der Waals surface area contributed by atoms with Crippen molar-refractivity contribution in [3.8, 4) is 0 Å². The van der Waals surface area contributed by atoms with E-state index in [2.05, 4.69) is 51.7 Å². The second kappa shape index (κ2) is 11.3. The number of carbonyl (C=O) groups excluding carboxylic acids is 1. The fraction of sp³-hybridized carbons (Fsp3) is 0.529. The highest BCUT2D eigenvalue weighted by atomic mass is 127. The van der Waals surface area contributed by atoms with Crippen molar-refractivity contribution in [2.45, 2.75) is 27.3 Å². The molecule has 6 heteroatoms. The highest BCUT2D eigenvalue weighted by Crippen LogP contribution is 2.05. The summed E-state index contributed by atoms with van der Waals surface area (Å²) in [6.07, 6.45) is 0. The number of carbonyl (C=O) groups is 1. The Bertz CT molecular complexity index is 500. The molecule has 0 saturated heterocycles. The summed E-state index contributed by atoms with van der Waals surface area (Å²) in [5, 5.41) is 6.14. The van der Waals surface area contributed by atoms with Crippen LogP contribution in [0, 0.1) is 12.8 Å². The number of amides is 1. The van der Waals surface area contributed by atoms with Crippen LogP contribution in [0.5, 0.6) is 0 Å². The van der Waals surface area contributed by atoms with Gasteiger partial charge < -0.3 is 15.5 Å². The van der Waals surface area contributed by atoms with Gasteiger partial charge in [-0.3, -0.25) is 9.79 Å². The van der Waals surface area contributed by atoms with Gasteiger partial charge in [-0.15, -0.1) is 24.0 Å². The van der Waals surface area contributed by atoms with Gasteiger partial charge in [0, 0.05) is 39.6 Å². The molecule has 130 valence electrons. The molecule has 0 heterocycles. The first-order valence-electron chi connectivity index (χ1n) is 7.69. The predicted molar refractivity (Wildman–Crippen MR) is 107 cm³/mol. The lowest BCUT2D eigenvalue weighted by Crippen LogP contribution is -2.42. The van der Waals surface area contributed by atoms with E-state index < -0.39 is 0 Å². The topological polar surface area (TPSA) is 56.7 Å². The number of benzene rings is 1. The van der Waals surface area contributed by atoms with Crippen LogP contribution >= 0.6 is 24.0 Å². The van der Waals surface area contributed by atoms with Gasteiger partial charge in [0.25, 0.3) is 0 Å². The molecule has 2 N–H and O–H groups in total. The zero-order valence-corrected chi connectivity index (χ0v) is 17.0. The second-order valence-electron chi connectivity index (χ2n) is 5.76. The minimum Gasteiger partial charge on any atom is -0.354 e. The molecule has 5 nitrogen and oxygen atoms in total. The largest absolute Gasteiger partial charge is 0.354 e. The quantitative estimate of drug-likeness (QED) is 0.314. The van der Waals surface area contributed by atoms with Crippen molar-refractivity contribution in [1.29, 1.82) is 0 Å². The number of halogens is 1. The van der Waals surface area contributed by atoms with Crippen LogP contribution in [0.3, 0.4) is 0 Å². The van der Waals surface area contributed by atoms with E-state index in [0.717, 1.165) is 12.5 Å². The van der Waals surface area contributed by atoms with E-state index in [-0.39, 0.29) is 35.8 Å². The van der Waals surface area contributed by atoms with Crippen LogP contribution in [0.1, 0.15) is 25.0 Å². The van der Waals surface area contributed by atoms with Crippen molar-refractivity contribution in [2.75, 3.05) is 27.2 Å². The van der Waals surface area contributed by atoms with Gasteiger partial charge in [-0.1, -0.05) is 43.7 Å². The molecule has 0 spiro atoms. The van der Waals surface area contributed by atoms with E-state index in [1.54, 1.807) is 7.05 Å². The van der Waals surface area contributed by atoms with E-state index in [1.165, 1.54) is 11.1 Å². The molecule has 0 radical (unpaired) electrons. The van der Waals surface area contributed by atoms with Crippen LogP contribution in [0.15, 0.2) is 29.3 Å². The zero-order chi connectivity index (χ0) is 16.5. The van der Waals surface area contributed by atoms with Crippen LogP contribution in [0.2, 0.25) is 0 Å². The van der Waals surface area contributed by atoms with Crippen molar-refractivity contribution in [3.63, 3.8) is 0 Å². The van der Waals surface area contributed by atoms with Gasteiger partial charge in [0.15, 0.2) is 5.96 Å². The van der Waals surface area contributed by atoms with E-state index in [4.69, 9.17) is 0 Å². The van der Waals surface area contributed by atoms with Crippen LogP contribution < -0.4 is 10.6 Å². The number of hydrogen-bond donors (Lipinski definition) is 2. The summed E-state index contributed by atoms with van der Waals surface area (Å²) in [4.78, 5) is 17.8.